The Morgan fingerprint density at radius 3 is 2.47 bits per heavy atom. The molecule has 0 unspecified atom stereocenters. The molecule has 4 rings (SSSR count). The zero-order chi connectivity index (χ0) is 21.1. The standard InChI is InChI=1S/C23H25ClN4O2/c1-17-14-25-28(15-17)21-6-3-18(4-7-21)23(29)27-11-9-26(10-12-27)16-19-13-20(24)5-8-22(19)30-2/h3-8,13-15H,9-12,16H2,1-2H3. The first-order chi connectivity index (χ1) is 14.5. The van der Waals surface area contributed by atoms with Gasteiger partial charge in [-0.1, -0.05) is 11.6 Å². The number of hydrogen-bond acceptors (Lipinski definition) is 4. The van der Waals surface area contributed by atoms with Gasteiger partial charge in [-0.2, -0.15) is 5.10 Å². The van der Waals surface area contributed by atoms with Crippen molar-refractivity contribution in [2.45, 2.75) is 13.5 Å². The summed E-state index contributed by atoms with van der Waals surface area (Å²) in [7, 11) is 1.67. The number of ether oxygens (including phenoxy) is 1. The smallest absolute Gasteiger partial charge is 0.253 e. The second-order valence-corrected chi connectivity index (χ2v) is 7.97. The Labute approximate surface area is 181 Å². The number of carbonyl (C=O) groups is 1. The number of piperazine rings is 1. The average molecular weight is 425 g/mol. The third-order valence-electron chi connectivity index (χ3n) is 5.39. The molecule has 0 atom stereocenters. The molecule has 2 aromatic carbocycles. The Kier molecular flexibility index (Phi) is 6.06. The van der Waals surface area contributed by atoms with Gasteiger partial charge in [-0.15, -0.1) is 0 Å². The first kappa shape index (κ1) is 20.4. The molecular formula is C23H25ClN4O2. The summed E-state index contributed by atoms with van der Waals surface area (Å²) >= 11 is 6.14. The second kappa shape index (κ2) is 8.90. The first-order valence-corrected chi connectivity index (χ1v) is 10.4. The van der Waals surface area contributed by atoms with Crippen LogP contribution in [0.5, 0.6) is 5.75 Å². The van der Waals surface area contributed by atoms with Gasteiger partial charge in [0.1, 0.15) is 5.75 Å². The molecule has 1 saturated heterocycles. The fraction of sp³-hybridized carbons (Fsp3) is 0.304. The van der Waals surface area contributed by atoms with E-state index in [0.29, 0.717) is 23.7 Å². The molecule has 156 valence electrons. The summed E-state index contributed by atoms with van der Waals surface area (Å²) in [6.45, 7) is 5.77. The van der Waals surface area contributed by atoms with Crippen LogP contribution in [-0.4, -0.2) is 58.8 Å². The van der Waals surface area contributed by atoms with E-state index in [1.54, 1.807) is 7.11 Å². The van der Waals surface area contributed by atoms with Gasteiger partial charge in [0, 0.05) is 55.1 Å². The second-order valence-electron chi connectivity index (χ2n) is 7.53. The number of methoxy groups -OCH3 is 1. The maximum Gasteiger partial charge on any atom is 0.253 e. The lowest BCUT2D eigenvalue weighted by atomic mass is 10.1. The molecule has 0 spiro atoms. The number of hydrogen-bond donors (Lipinski definition) is 0. The van der Waals surface area contributed by atoms with Crippen molar-refractivity contribution in [1.82, 2.24) is 19.6 Å². The maximum atomic E-state index is 12.9. The minimum Gasteiger partial charge on any atom is -0.496 e. The number of halogens is 1. The summed E-state index contributed by atoms with van der Waals surface area (Å²) in [5, 5.41) is 5.01. The summed E-state index contributed by atoms with van der Waals surface area (Å²) in [6.07, 6.45) is 3.78. The number of amides is 1. The third-order valence-corrected chi connectivity index (χ3v) is 5.62. The van der Waals surface area contributed by atoms with Crippen molar-refractivity contribution >= 4 is 17.5 Å². The molecule has 1 aromatic heterocycles. The highest BCUT2D eigenvalue weighted by Gasteiger charge is 2.23. The number of aryl methyl sites for hydroxylation is 1. The minimum atomic E-state index is 0.0678. The number of rotatable bonds is 5. The minimum absolute atomic E-state index is 0.0678. The van der Waals surface area contributed by atoms with Crippen molar-refractivity contribution in [3.05, 3.63) is 76.6 Å². The molecule has 1 fully saturated rings. The Morgan fingerprint density at radius 2 is 1.83 bits per heavy atom. The van der Waals surface area contributed by atoms with Crippen molar-refractivity contribution < 1.29 is 9.53 Å². The summed E-state index contributed by atoms with van der Waals surface area (Å²) in [5.41, 5.74) is 3.81. The average Bonchev–Trinajstić information content (AvgIpc) is 3.20. The SMILES string of the molecule is COc1ccc(Cl)cc1CN1CCN(C(=O)c2ccc(-n3cc(C)cn3)cc2)CC1. The zero-order valence-corrected chi connectivity index (χ0v) is 18.0. The predicted octanol–water partition coefficient (Wildman–Crippen LogP) is 3.80. The lowest BCUT2D eigenvalue weighted by Gasteiger charge is -2.35. The van der Waals surface area contributed by atoms with Crippen LogP contribution in [-0.2, 0) is 6.54 Å². The molecule has 0 N–H and O–H groups in total. The fourth-order valence-electron chi connectivity index (χ4n) is 3.71. The topological polar surface area (TPSA) is 50.6 Å². The molecule has 1 amide bonds. The molecular weight excluding hydrogens is 400 g/mol. The van der Waals surface area contributed by atoms with Gasteiger partial charge in [0.2, 0.25) is 0 Å². The number of carbonyl (C=O) groups excluding carboxylic acids is 1. The summed E-state index contributed by atoms with van der Waals surface area (Å²) in [4.78, 5) is 17.1. The van der Waals surface area contributed by atoms with E-state index in [1.807, 2.05) is 71.4 Å². The number of benzene rings is 2. The molecule has 1 aliphatic rings. The maximum absolute atomic E-state index is 12.9. The van der Waals surface area contributed by atoms with Crippen LogP contribution < -0.4 is 4.74 Å². The van der Waals surface area contributed by atoms with Crippen LogP contribution in [0.2, 0.25) is 5.02 Å². The van der Waals surface area contributed by atoms with E-state index >= 15 is 0 Å². The number of aromatic nitrogens is 2. The summed E-state index contributed by atoms with van der Waals surface area (Å²) in [6, 6.07) is 13.3. The third kappa shape index (κ3) is 4.50. The van der Waals surface area contributed by atoms with E-state index in [1.165, 1.54) is 0 Å². The molecule has 1 aliphatic heterocycles. The molecule has 0 radical (unpaired) electrons. The molecule has 30 heavy (non-hydrogen) atoms. The highest BCUT2D eigenvalue weighted by Crippen LogP contribution is 2.24. The van der Waals surface area contributed by atoms with Crippen LogP contribution in [0.25, 0.3) is 5.69 Å². The van der Waals surface area contributed by atoms with Crippen molar-refractivity contribution in [3.63, 3.8) is 0 Å². The molecule has 0 saturated carbocycles. The van der Waals surface area contributed by atoms with Crippen molar-refractivity contribution in [2.24, 2.45) is 0 Å². The van der Waals surface area contributed by atoms with E-state index in [9.17, 15) is 4.79 Å². The van der Waals surface area contributed by atoms with Crippen LogP contribution >= 0.6 is 11.6 Å². The van der Waals surface area contributed by atoms with Crippen LogP contribution in [0, 0.1) is 6.92 Å². The first-order valence-electron chi connectivity index (χ1n) is 9.99. The van der Waals surface area contributed by atoms with Gasteiger partial charge >= 0.3 is 0 Å². The van der Waals surface area contributed by atoms with Crippen molar-refractivity contribution in [1.29, 1.82) is 0 Å². The largest absolute Gasteiger partial charge is 0.496 e. The van der Waals surface area contributed by atoms with Gasteiger partial charge in [-0.25, -0.2) is 4.68 Å². The highest BCUT2D eigenvalue weighted by atomic mass is 35.5. The quantitative estimate of drug-likeness (QED) is 0.625. The van der Waals surface area contributed by atoms with Gasteiger partial charge < -0.3 is 9.64 Å². The van der Waals surface area contributed by atoms with Crippen LogP contribution in [0.4, 0.5) is 0 Å². The predicted molar refractivity (Wildman–Crippen MR) is 117 cm³/mol. The normalized spacial score (nSPS) is 14.7. The van der Waals surface area contributed by atoms with Crippen molar-refractivity contribution in [3.8, 4) is 11.4 Å². The Hall–Kier alpha value is -2.83. The van der Waals surface area contributed by atoms with E-state index in [-0.39, 0.29) is 5.91 Å². The fourth-order valence-corrected chi connectivity index (χ4v) is 3.91. The molecule has 0 aliphatic carbocycles. The van der Waals surface area contributed by atoms with E-state index in [0.717, 1.165) is 42.2 Å². The number of nitrogens with zero attached hydrogens (tertiary/aromatic N) is 4. The van der Waals surface area contributed by atoms with Crippen LogP contribution in [0.15, 0.2) is 54.9 Å². The van der Waals surface area contributed by atoms with E-state index in [4.69, 9.17) is 16.3 Å². The molecule has 0 bridgehead atoms. The summed E-state index contributed by atoms with van der Waals surface area (Å²) < 4.78 is 7.26. The van der Waals surface area contributed by atoms with Gasteiger partial charge in [0.05, 0.1) is 19.0 Å². The molecule has 3 aromatic rings. The Morgan fingerprint density at radius 1 is 1.10 bits per heavy atom. The van der Waals surface area contributed by atoms with Gasteiger partial charge in [-0.3, -0.25) is 9.69 Å². The Bertz CT molecular complexity index is 1020. The zero-order valence-electron chi connectivity index (χ0n) is 17.2. The monoisotopic (exact) mass is 424 g/mol. The van der Waals surface area contributed by atoms with Gasteiger partial charge in [-0.05, 0) is 55.0 Å². The molecule has 6 nitrogen and oxygen atoms in total. The van der Waals surface area contributed by atoms with E-state index in [2.05, 4.69) is 10.00 Å². The van der Waals surface area contributed by atoms with Crippen molar-refractivity contribution in [2.75, 3.05) is 33.3 Å². The van der Waals surface area contributed by atoms with Crippen LogP contribution in [0.1, 0.15) is 21.5 Å². The highest BCUT2D eigenvalue weighted by molar-refractivity contribution is 6.30. The van der Waals surface area contributed by atoms with E-state index < -0.39 is 0 Å². The molecule has 2 heterocycles. The van der Waals surface area contributed by atoms with Gasteiger partial charge in [0.15, 0.2) is 0 Å². The van der Waals surface area contributed by atoms with Crippen LogP contribution in [0.3, 0.4) is 0 Å². The molecule has 7 heteroatoms. The lowest BCUT2D eigenvalue weighted by molar-refractivity contribution is 0.0627. The van der Waals surface area contributed by atoms with Gasteiger partial charge in [0.25, 0.3) is 5.91 Å². The Balaban J connectivity index is 1.36. The lowest BCUT2D eigenvalue weighted by Crippen LogP contribution is -2.48. The summed E-state index contributed by atoms with van der Waals surface area (Å²) in [5.74, 6) is 0.906.